The number of nitrogens with two attached hydrogens (primary N) is 1. The summed E-state index contributed by atoms with van der Waals surface area (Å²) < 4.78 is 36.3. The lowest BCUT2D eigenvalue weighted by Crippen LogP contribution is -2.12. The number of alkyl halides is 3. The van der Waals surface area contributed by atoms with Crippen molar-refractivity contribution < 1.29 is 18.3 Å². The van der Waals surface area contributed by atoms with Crippen molar-refractivity contribution in [1.29, 1.82) is 0 Å². The van der Waals surface area contributed by atoms with E-state index in [2.05, 4.69) is 0 Å². The second-order valence-corrected chi connectivity index (χ2v) is 4.38. The third kappa shape index (κ3) is 6.16. The zero-order valence-electron chi connectivity index (χ0n) is 8.78. The number of rotatable bonds is 4. The number of aliphatic hydroxyl groups excluding tert-OH is 1. The summed E-state index contributed by atoms with van der Waals surface area (Å²) in [5.74, 6) is 0. The van der Waals surface area contributed by atoms with Crippen LogP contribution in [0.4, 0.5) is 13.2 Å². The molecule has 0 saturated carbocycles. The first kappa shape index (κ1) is 16.6. The van der Waals surface area contributed by atoms with E-state index in [1.807, 2.05) is 0 Å². The second-order valence-electron chi connectivity index (χ2n) is 3.24. The third-order valence-electron chi connectivity index (χ3n) is 1.96. The summed E-state index contributed by atoms with van der Waals surface area (Å²) in [6.45, 7) is -0.0855. The molecule has 0 fully saturated rings. The van der Waals surface area contributed by atoms with Crippen LogP contribution >= 0.6 is 24.2 Å². The molecule has 0 amide bonds. The van der Waals surface area contributed by atoms with Crippen LogP contribution in [0.15, 0.2) is 29.2 Å². The van der Waals surface area contributed by atoms with E-state index in [1.54, 1.807) is 6.07 Å². The average Bonchev–Trinajstić information content (AvgIpc) is 2.16. The smallest absolute Gasteiger partial charge is 0.396 e. The largest absolute Gasteiger partial charge is 0.446 e. The minimum Gasteiger partial charge on any atom is -0.396 e. The predicted molar refractivity (Wildman–Crippen MR) is 64.2 cm³/mol. The maximum Gasteiger partial charge on any atom is 0.446 e. The van der Waals surface area contributed by atoms with E-state index in [1.165, 1.54) is 18.2 Å². The molecule has 0 aliphatic carbocycles. The summed E-state index contributed by atoms with van der Waals surface area (Å²) in [6.07, 6.45) is 0.333. The standard InChI is InChI=1S/C10H12F3NOS.ClH/c11-10(12,13)16-8-3-1-2-7(6-8)9(14)4-5-15;/h1-3,6,9,15H,4-5,14H2;1H. The van der Waals surface area contributed by atoms with Gasteiger partial charge in [-0.3, -0.25) is 0 Å². The Morgan fingerprint density at radius 1 is 1.35 bits per heavy atom. The molecule has 1 aromatic carbocycles. The van der Waals surface area contributed by atoms with Crippen LogP contribution in [0.3, 0.4) is 0 Å². The lowest BCUT2D eigenvalue weighted by atomic mass is 10.1. The molecule has 0 saturated heterocycles. The van der Waals surface area contributed by atoms with E-state index < -0.39 is 11.6 Å². The highest BCUT2D eigenvalue weighted by atomic mass is 35.5. The van der Waals surface area contributed by atoms with Crippen molar-refractivity contribution in [1.82, 2.24) is 0 Å². The molecule has 98 valence electrons. The van der Waals surface area contributed by atoms with Gasteiger partial charge in [-0.2, -0.15) is 13.2 Å². The summed E-state index contributed by atoms with van der Waals surface area (Å²) in [5.41, 5.74) is 2.00. The Kier molecular flexibility index (Phi) is 6.92. The fourth-order valence-electron chi connectivity index (χ4n) is 1.25. The minimum atomic E-state index is -4.29. The van der Waals surface area contributed by atoms with Gasteiger partial charge in [0.25, 0.3) is 0 Å². The van der Waals surface area contributed by atoms with Gasteiger partial charge < -0.3 is 10.8 Å². The van der Waals surface area contributed by atoms with E-state index >= 15 is 0 Å². The van der Waals surface area contributed by atoms with Crippen LogP contribution in [0.1, 0.15) is 18.0 Å². The number of aliphatic hydroxyl groups is 1. The summed E-state index contributed by atoms with van der Waals surface area (Å²) in [5, 5.41) is 8.69. The molecule has 0 aromatic heterocycles. The van der Waals surface area contributed by atoms with E-state index in [0.29, 0.717) is 12.0 Å². The average molecular weight is 288 g/mol. The number of hydrogen-bond acceptors (Lipinski definition) is 3. The molecule has 1 unspecified atom stereocenters. The van der Waals surface area contributed by atoms with Gasteiger partial charge in [-0.05, 0) is 35.9 Å². The van der Waals surface area contributed by atoms with E-state index in [9.17, 15) is 13.2 Å². The molecule has 0 heterocycles. The molecule has 0 bridgehead atoms. The molecule has 0 spiro atoms. The molecule has 1 atom stereocenters. The van der Waals surface area contributed by atoms with Crippen LogP contribution in [0.25, 0.3) is 0 Å². The van der Waals surface area contributed by atoms with Crippen molar-refractivity contribution in [2.45, 2.75) is 22.9 Å². The molecule has 0 radical (unpaired) electrons. The van der Waals surface area contributed by atoms with Gasteiger partial charge in [0.05, 0.1) is 0 Å². The first-order chi connectivity index (χ1) is 7.42. The number of hydrogen-bond donors (Lipinski definition) is 2. The van der Waals surface area contributed by atoms with Gasteiger partial charge in [0.15, 0.2) is 0 Å². The zero-order chi connectivity index (χ0) is 12.2. The van der Waals surface area contributed by atoms with Gasteiger partial charge in [-0.15, -0.1) is 12.4 Å². The molecule has 0 aliphatic heterocycles. The fourth-order valence-corrected chi connectivity index (χ4v) is 1.86. The van der Waals surface area contributed by atoms with Crippen molar-refractivity contribution >= 4 is 24.2 Å². The van der Waals surface area contributed by atoms with Crippen molar-refractivity contribution in [3.63, 3.8) is 0 Å². The SMILES string of the molecule is Cl.NC(CCO)c1cccc(SC(F)(F)F)c1. The third-order valence-corrected chi connectivity index (χ3v) is 2.68. The molecule has 0 aliphatic rings. The van der Waals surface area contributed by atoms with Crippen LogP contribution in [-0.2, 0) is 0 Å². The van der Waals surface area contributed by atoms with Crippen LogP contribution in [0, 0.1) is 0 Å². The van der Waals surface area contributed by atoms with E-state index in [4.69, 9.17) is 10.8 Å². The lowest BCUT2D eigenvalue weighted by molar-refractivity contribution is -0.0328. The van der Waals surface area contributed by atoms with E-state index in [-0.39, 0.29) is 35.7 Å². The Hall–Kier alpha value is -0.430. The van der Waals surface area contributed by atoms with Gasteiger partial charge >= 0.3 is 5.51 Å². The van der Waals surface area contributed by atoms with E-state index in [0.717, 1.165) is 0 Å². The quantitative estimate of drug-likeness (QED) is 0.837. The molecule has 3 N–H and O–H groups in total. The van der Waals surface area contributed by atoms with Gasteiger partial charge in [0.1, 0.15) is 0 Å². The van der Waals surface area contributed by atoms with Gasteiger partial charge in [-0.1, -0.05) is 12.1 Å². The Labute approximate surface area is 108 Å². The normalized spacial score (nSPS) is 13.0. The summed E-state index contributed by atoms with van der Waals surface area (Å²) >= 11 is -0.168. The van der Waals surface area contributed by atoms with Gasteiger partial charge in [0, 0.05) is 17.5 Å². The molecule has 1 aromatic rings. The zero-order valence-corrected chi connectivity index (χ0v) is 10.4. The monoisotopic (exact) mass is 287 g/mol. The summed E-state index contributed by atoms with van der Waals surface area (Å²) in [4.78, 5) is 0.110. The molecule has 17 heavy (non-hydrogen) atoms. The highest BCUT2D eigenvalue weighted by Crippen LogP contribution is 2.37. The Morgan fingerprint density at radius 2 is 2.00 bits per heavy atom. The molecule has 7 heteroatoms. The first-order valence-corrected chi connectivity index (χ1v) is 5.46. The van der Waals surface area contributed by atoms with Crippen LogP contribution in [-0.4, -0.2) is 17.2 Å². The van der Waals surface area contributed by atoms with Crippen molar-refractivity contribution in [3.05, 3.63) is 29.8 Å². The number of benzene rings is 1. The number of halogens is 4. The summed E-state index contributed by atoms with van der Waals surface area (Å²) in [6, 6.07) is 5.53. The Morgan fingerprint density at radius 3 is 2.53 bits per heavy atom. The van der Waals surface area contributed by atoms with Crippen molar-refractivity contribution in [2.24, 2.45) is 5.73 Å². The van der Waals surface area contributed by atoms with Crippen LogP contribution in [0.2, 0.25) is 0 Å². The lowest BCUT2D eigenvalue weighted by Gasteiger charge is -2.12. The van der Waals surface area contributed by atoms with Crippen molar-refractivity contribution in [3.8, 4) is 0 Å². The first-order valence-electron chi connectivity index (χ1n) is 4.64. The van der Waals surface area contributed by atoms with Gasteiger partial charge in [-0.25, -0.2) is 0 Å². The second kappa shape index (κ2) is 7.10. The fraction of sp³-hybridized carbons (Fsp3) is 0.400. The van der Waals surface area contributed by atoms with Crippen LogP contribution in [0.5, 0.6) is 0 Å². The Bertz CT molecular complexity index is 349. The summed E-state index contributed by atoms with van der Waals surface area (Å²) in [7, 11) is 0. The Balaban J connectivity index is 0.00000256. The predicted octanol–water partition coefficient (Wildman–Crippen LogP) is 3.10. The van der Waals surface area contributed by atoms with Crippen molar-refractivity contribution in [2.75, 3.05) is 6.61 Å². The topological polar surface area (TPSA) is 46.2 Å². The molecule has 1 rings (SSSR count). The molecular formula is C10H13ClF3NOS. The highest BCUT2D eigenvalue weighted by molar-refractivity contribution is 8.00. The minimum absolute atomic E-state index is 0. The molecule has 2 nitrogen and oxygen atoms in total. The van der Waals surface area contributed by atoms with Gasteiger partial charge in [0.2, 0.25) is 0 Å². The van der Waals surface area contributed by atoms with Crippen LogP contribution < -0.4 is 5.73 Å². The maximum absolute atomic E-state index is 12.1. The highest BCUT2D eigenvalue weighted by Gasteiger charge is 2.29. The maximum atomic E-state index is 12.1. The molecular weight excluding hydrogens is 275 g/mol. The number of thioether (sulfide) groups is 1.